The van der Waals surface area contributed by atoms with E-state index in [0.717, 1.165) is 57.8 Å². The fraction of sp³-hybridized carbons (Fsp3) is 0.769. The number of aliphatic carboxylic acids is 1. The van der Waals surface area contributed by atoms with E-state index in [9.17, 15) is 34.1 Å². The van der Waals surface area contributed by atoms with Gasteiger partial charge in [0.05, 0.1) is 13.2 Å². The molecule has 0 aromatic rings. The van der Waals surface area contributed by atoms with Crippen LogP contribution in [-0.4, -0.2) is 64.9 Å². The lowest BCUT2D eigenvalue weighted by molar-refractivity contribution is -0.147. The molecule has 0 heterocycles. The number of rotatable bonds is 36. The number of amides is 1. The van der Waals surface area contributed by atoms with E-state index < -0.39 is 57.6 Å². The first-order valence-corrected chi connectivity index (χ1v) is 21.0. The first kappa shape index (κ1) is 48.7. The molecule has 11 nitrogen and oxygen atoms in total. The molecule has 0 saturated heterocycles. The number of aliphatic hydroxyl groups is 1. The Labute approximate surface area is 308 Å². The van der Waals surface area contributed by atoms with E-state index >= 15 is 0 Å². The summed E-state index contributed by atoms with van der Waals surface area (Å²) in [4.78, 5) is 45.7. The average Bonchev–Trinajstić information content (AvgIpc) is 3.10. The van der Waals surface area contributed by atoms with Gasteiger partial charge in [-0.15, -0.1) is 0 Å². The van der Waals surface area contributed by atoms with Gasteiger partial charge >= 0.3 is 19.8 Å². The number of phosphoric ester groups is 1. The third-order valence-corrected chi connectivity index (χ3v) is 9.14. The first-order chi connectivity index (χ1) is 24.6. The summed E-state index contributed by atoms with van der Waals surface area (Å²) in [6, 6.07) is -1.56. The fourth-order valence-corrected chi connectivity index (χ4v) is 5.92. The summed E-state index contributed by atoms with van der Waals surface area (Å²) in [6.45, 7) is 2.43. The third-order valence-electron chi connectivity index (χ3n) is 8.19. The van der Waals surface area contributed by atoms with Gasteiger partial charge in [0.15, 0.2) is 6.04 Å². The van der Waals surface area contributed by atoms with Crippen LogP contribution in [0.15, 0.2) is 36.5 Å². The second-order valence-electron chi connectivity index (χ2n) is 13.1. The van der Waals surface area contributed by atoms with Crippen molar-refractivity contribution in [3.05, 3.63) is 36.5 Å². The Bertz CT molecular complexity index is 1020. The number of unbranched alkanes of at least 4 members (excludes halogenated alkanes) is 16. The molecular formula is C39H70NO10P. The molecule has 1 amide bonds. The van der Waals surface area contributed by atoms with Gasteiger partial charge in [0, 0.05) is 12.8 Å². The summed E-state index contributed by atoms with van der Waals surface area (Å²) in [6.07, 6.45) is 34.7. The topological polar surface area (TPSA) is 169 Å². The average molecular weight is 744 g/mol. The molecule has 0 aliphatic heterocycles. The van der Waals surface area contributed by atoms with Crippen molar-refractivity contribution in [3.63, 3.8) is 0 Å². The fourth-order valence-electron chi connectivity index (χ4n) is 5.15. The summed E-state index contributed by atoms with van der Waals surface area (Å²) in [5.74, 6) is -2.42. The molecule has 4 N–H and O–H groups in total. The molecule has 12 heteroatoms. The number of ether oxygens (including phenoxy) is 1. The lowest BCUT2D eigenvalue weighted by Crippen LogP contribution is -2.43. The Balaban J connectivity index is 3.98. The molecule has 3 atom stereocenters. The number of carbonyl (C=O) groups excluding carboxylic acids is 2. The van der Waals surface area contributed by atoms with Crippen LogP contribution in [0.5, 0.6) is 0 Å². The van der Waals surface area contributed by atoms with Crippen molar-refractivity contribution >= 4 is 25.7 Å². The number of aliphatic hydroxyl groups excluding tert-OH is 1. The Morgan fingerprint density at radius 1 is 0.647 bits per heavy atom. The molecular weight excluding hydrogens is 673 g/mol. The van der Waals surface area contributed by atoms with E-state index in [-0.39, 0.29) is 12.8 Å². The van der Waals surface area contributed by atoms with E-state index in [4.69, 9.17) is 13.8 Å². The van der Waals surface area contributed by atoms with Crippen molar-refractivity contribution in [1.82, 2.24) is 5.32 Å². The molecule has 0 aromatic heterocycles. The molecule has 0 saturated carbocycles. The highest BCUT2D eigenvalue weighted by Gasteiger charge is 2.28. The molecule has 51 heavy (non-hydrogen) atoms. The van der Waals surface area contributed by atoms with Crippen LogP contribution in [0.2, 0.25) is 0 Å². The van der Waals surface area contributed by atoms with Crippen LogP contribution >= 0.6 is 7.82 Å². The number of carboxylic acid groups (broad SMARTS) is 1. The van der Waals surface area contributed by atoms with Crippen molar-refractivity contribution < 1.29 is 47.8 Å². The van der Waals surface area contributed by atoms with E-state index in [0.29, 0.717) is 12.8 Å². The number of allylic oxidation sites excluding steroid dienone is 6. The van der Waals surface area contributed by atoms with Crippen LogP contribution in [0.25, 0.3) is 0 Å². The van der Waals surface area contributed by atoms with Gasteiger partial charge in [0.1, 0.15) is 12.7 Å². The molecule has 0 aliphatic carbocycles. The summed E-state index contributed by atoms with van der Waals surface area (Å²) in [7, 11) is -4.76. The van der Waals surface area contributed by atoms with Crippen molar-refractivity contribution in [2.24, 2.45) is 0 Å². The summed E-state index contributed by atoms with van der Waals surface area (Å²) >= 11 is 0. The predicted molar refractivity (Wildman–Crippen MR) is 203 cm³/mol. The van der Waals surface area contributed by atoms with Crippen LogP contribution in [0, 0.1) is 0 Å². The Kier molecular flexibility index (Phi) is 33.2. The Hall–Kier alpha value is -2.30. The molecule has 296 valence electrons. The minimum absolute atomic E-state index is 0.110. The van der Waals surface area contributed by atoms with Crippen LogP contribution in [0.3, 0.4) is 0 Å². The molecule has 0 bridgehead atoms. The molecule has 0 aromatic carbocycles. The van der Waals surface area contributed by atoms with Gasteiger partial charge < -0.3 is 25.2 Å². The highest BCUT2D eigenvalue weighted by molar-refractivity contribution is 7.47. The number of esters is 1. The van der Waals surface area contributed by atoms with E-state index in [2.05, 4.69) is 55.6 Å². The van der Waals surface area contributed by atoms with Gasteiger partial charge in [-0.05, 0) is 44.9 Å². The maximum Gasteiger partial charge on any atom is 0.472 e. The third kappa shape index (κ3) is 34.5. The molecule has 0 rings (SSSR count). The van der Waals surface area contributed by atoms with Gasteiger partial charge in [-0.3, -0.25) is 18.6 Å². The zero-order valence-electron chi connectivity index (χ0n) is 31.7. The second kappa shape index (κ2) is 34.8. The highest BCUT2D eigenvalue weighted by Crippen LogP contribution is 2.43. The second-order valence-corrected chi connectivity index (χ2v) is 14.5. The Morgan fingerprint density at radius 3 is 1.71 bits per heavy atom. The van der Waals surface area contributed by atoms with Crippen LogP contribution in [0.1, 0.15) is 162 Å². The number of hydrogen-bond donors (Lipinski definition) is 4. The summed E-state index contributed by atoms with van der Waals surface area (Å²) in [5.41, 5.74) is 0. The minimum Gasteiger partial charge on any atom is -0.480 e. The predicted octanol–water partition coefficient (Wildman–Crippen LogP) is 9.27. The maximum atomic E-state index is 12.2. The number of carboxylic acids is 1. The van der Waals surface area contributed by atoms with Gasteiger partial charge in [0.2, 0.25) is 5.91 Å². The van der Waals surface area contributed by atoms with Crippen LogP contribution < -0.4 is 5.32 Å². The molecule has 0 spiro atoms. The Morgan fingerprint density at radius 2 is 1.14 bits per heavy atom. The largest absolute Gasteiger partial charge is 0.480 e. The molecule has 3 unspecified atom stereocenters. The standard InChI is InChI=1S/C39H70NO10P/c1-3-5-7-9-11-13-15-17-19-21-23-25-27-29-31-38(43)48-32-35(41)33-49-51(46,47)50-34-36(39(44)45)40-37(42)30-28-26-24-22-20-18-16-14-12-10-8-6-4-2/h6,8,12,14,18,20,35-36,41H,3-5,7,9-11,13,15-17,19,21-34H2,1-2H3,(H,40,42)(H,44,45)(H,46,47)/b8-6-,14-12-,20-18-. The van der Waals surface area contributed by atoms with Crippen LogP contribution in [-0.2, 0) is 32.7 Å². The zero-order chi connectivity index (χ0) is 37.8. The monoisotopic (exact) mass is 743 g/mol. The summed E-state index contributed by atoms with van der Waals surface area (Å²) in [5, 5.41) is 21.7. The van der Waals surface area contributed by atoms with Crippen molar-refractivity contribution in [2.45, 2.75) is 174 Å². The SMILES string of the molecule is CC/C=C\C/C=C\C/C=C\CCCCCC(=O)NC(COP(=O)(O)OCC(O)COC(=O)CCCCCCCCCCCCCCCC)C(=O)O. The van der Waals surface area contributed by atoms with E-state index in [1.165, 1.54) is 64.2 Å². The maximum absolute atomic E-state index is 12.2. The lowest BCUT2D eigenvalue weighted by atomic mass is 10.0. The highest BCUT2D eigenvalue weighted by atomic mass is 31.2. The van der Waals surface area contributed by atoms with Crippen molar-refractivity contribution in [1.29, 1.82) is 0 Å². The van der Waals surface area contributed by atoms with E-state index in [1.807, 2.05) is 0 Å². The van der Waals surface area contributed by atoms with Gasteiger partial charge in [-0.1, -0.05) is 140 Å². The quantitative estimate of drug-likeness (QED) is 0.0210. The summed E-state index contributed by atoms with van der Waals surface area (Å²) < 4.78 is 26.7. The smallest absolute Gasteiger partial charge is 0.472 e. The molecule has 0 aliphatic rings. The molecule has 0 radical (unpaired) electrons. The number of nitrogens with one attached hydrogen (secondary N) is 1. The van der Waals surface area contributed by atoms with E-state index in [1.54, 1.807) is 0 Å². The van der Waals surface area contributed by atoms with Crippen molar-refractivity contribution in [2.75, 3.05) is 19.8 Å². The normalized spacial score (nSPS) is 14.3. The van der Waals surface area contributed by atoms with Crippen LogP contribution in [0.4, 0.5) is 0 Å². The van der Waals surface area contributed by atoms with Gasteiger partial charge in [0.25, 0.3) is 0 Å². The lowest BCUT2D eigenvalue weighted by Gasteiger charge is -2.18. The minimum atomic E-state index is -4.76. The molecule has 0 fully saturated rings. The van der Waals surface area contributed by atoms with Gasteiger partial charge in [-0.2, -0.15) is 0 Å². The first-order valence-electron chi connectivity index (χ1n) is 19.5. The number of hydrogen-bond acceptors (Lipinski definition) is 8. The zero-order valence-corrected chi connectivity index (χ0v) is 32.5. The van der Waals surface area contributed by atoms with Gasteiger partial charge in [-0.25, -0.2) is 9.36 Å². The number of phosphoric acid groups is 1. The number of carbonyl (C=O) groups is 3. The van der Waals surface area contributed by atoms with Crippen molar-refractivity contribution in [3.8, 4) is 0 Å².